The average Bonchev–Trinajstić information content (AvgIpc) is 3.38. The molecule has 4 heteroatoms. The fourth-order valence-electron chi connectivity index (χ4n) is 3.37. The molecule has 0 bridgehead atoms. The van der Waals surface area contributed by atoms with Gasteiger partial charge in [0, 0.05) is 27.6 Å². The summed E-state index contributed by atoms with van der Waals surface area (Å²) in [6.07, 6.45) is 0.733. The molecule has 4 heterocycles. The predicted molar refractivity (Wildman–Crippen MR) is 135 cm³/mol. The second kappa shape index (κ2) is 8.33. The van der Waals surface area contributed by atoms with Crippen molar-refractivity contribution in [3.63, 3.8) is 0 Å². The number of thiophene rings is 2. The largest absolute Gasteiger partial charge is 0.252 e. The molecule has 0 fully saturated rings. The maximum atomic E-state index is 4.95. The van der Waals surface area contributed by atoms with E-state index in [2.05, 4.69) is 102 Å². The van der Waals surface area contributed by atoms with Gasteiger partial charge in [0.2, 0.25) is 0 Å². The number of hydrogen-bond donors (Lipinski definition) is 0. The maximum absolute atomic E-state index is 4.95. The summed E-state index contributed by atoms with van der Waals surface area (Å²) in [5.74, 6) is 0. The Morgan fingerprint density at radius 1 is 0.581 bits per heavy atom. The van der Waals surface area contributed by atoms with Crippen LogP contribution in [0.4, 0.5) is 0 Å². The van der Waals surface area contributed by atoms with Crippen LogP contribution in [-0.2, 0) is 17.3 Å². The van der Waals surface area contributed by atoms with E-state index in [1.807, 2.05) is 22.7 Å². The minimum atomic E-state index is 0.166. The topological polar surface area (TPSA) is 25.8 Å². The van der Waals surface area contributed by atoms with Crippen LogP contribution in [-0.4, -0.2) is 9.97 Å². The minimum Gasteiger partial charge on any atom is -0.252 e. The van der Waals surface area contributed by atoms with Crippen molar-refractivity contribution < 1.29 is 0 Å². The summed E-state index contributed by atoms with van der Waals surface area (Å²) in [6, 6.07) is 21.5. The van der Waals surface area contributed by atoms with Gasteiger partial charge in [-0.25, -0.2) is 0 Å². The van der Waals surface area contributed by atoms with E-state index in [1.54, 1.807) is 0 Å². The minimum absolute atomic E-state index is 0.166. The molecule has 0 aliphatic rings. The first kappa shape index (κ1) is 21.9. The molecular formula is C27H30N2S2. The van der Waals surface area contributed by atoms with Crippen LogP contribution in [0.15, 0.2) is 60.7 Å². The van der Waals surface area contributed by atoms with Crippen LogP contribution in [0, 0.1) is 0 Å². The first-order valence-electron chi connectivity index (χ1n) is 10.7. The molecule has 160 valence electrons. The van der Waals surface area contributed by atoms with E-state index in [-0.39, 0.29) is 10.8 Å². The third-order valence-electron chi connectivity index (χ3n) is 5.17. The highest BCUT2D eigenvalue weighted by Gasteiger charge is 2.18. The Kier molecular flexibility index (Phi) is 5.89. The quantitative estimate of drug-likeness (QED) is 0.316. The molecule has 2 nitrogen and oxygen atoms in total. The fourth-order valence-corrected chi connectivity index (χ4v) is 5.44. The van der Waals surface area contributed by atoms with Crippen molar-refractivity contribution >= 4 is 22.7 Å². The van der Waals surface area contributed by atoms with Crippen LogP contribution in [0.1, 0.15) is 62.7 Å². The molecule has 0 saturated heterocycles. The van der Waals surface area contributed by atoms with Crippen LogP contribution in [0.5, 0.6) is 0 Å². The Labute approximate surface area is 194 Å². The molecule has 0 spiro atoms. The smallest absolute Gasteiger partial charge is 0.0805 e. The summed E-state index contributed by atoms with van der Waals surface area (Å²) in [7, 11) is 0. The van der Waals surface area contributed by atoms with E-state index in [9.17, 15) is 0 Å². The van der Waals surface area contributed by atoms with Gasteiger partial charge in [0.05, 0.1) is 21.1 Å². The summed E-state index contributed by atoms with van der Waals surface area (Å²) in [6.45, 7) is 13.5. The van der Waals surface area contributed by atoms with Gasteiger partial charge in [-0.1, -0.05) is 53.7 Å². The monoisotopic (exact) mass is 446 g/mol. The first-order valence-corrected chi connectivity index (χ1v) is 12.4. The highest BCUT2D eigenvalue weighted by atomic mass is 32.1. The summed E-state index contributed by atoms with van der Waals surface area (Å²) in [5, 5.41) is 0. The van der Waals surface area contributed by atoms with Crippen molar-refractivity contribution in [2.45, 2.75) is 58.8 Å². The summed E-state index contributed by atoms with van der Waals surface area (Å²) in [5.41, 5.74) is 4.52. The molecular weight excluding hydrogens is 416 g/mol. The normalized spacial score (nSPS) is 12.3. The van der Waals surface area contributed by atoms with Crippen molar-refractivity contribution in [1.29, 1.82) is 0 Å². The lowest BCUT2D eigenvalue weighted by Gasteiger charge is -2.15. The molecule has 0 aliphatic carbocycles. The predicted octanol–water partition coefficient (Wildman–Crippen LogP) is 8.12. The van der Waals surface area contributed by atoms with Crippen LogP contribution in [0.25, 0.3) is 21.1 Å². The number of hydrogen-bond acceptors (Lipinski definition) is 4. The third-order valence-corrected chi connectivity index (χ3v) is 8.24. The highest BCUT2D eigenvalue weighted by Crippen LogP contribution is 2.35. The lowest BCUT2D eigenvalue weighted by molar-refractivity contribution is 0.603. The molecule has 4 rings (SSSR count). The van der Waals surface area contributed by atoms with E-state index < -0.39 is 0 Å². The highest BCUT2D eigenvalue weighted by molar-refractivity contribution is 7.15. The van der Waals surface area contributed by atoms with Gasteiger partial charge in [-0.05, 0) is 59.4 Å². The maximum Gasteiger partial charge on any atom is 0.0805 e. The molecule has 0 amide bonds. The number of aromatic nitrogens is 2. The zero-order chi connectivity index (χ0) is 22.2. The standard InChI is InChI=1S/C27H30N2S2/c1-26(2,3)24-15-13-22(30-24)20-11-7-9-18(28-20)17-19-10-8-12-21(29-19)23-14-16-25(31-23)27(4,5)6/h7-16H,17H2,1-6H3. The molecule has 0 N–H and O–H groups in total. The summed E-state index contributed by atoms with van der Waals surface area (Å²) in [4.78, 5) is 15.1. The molecule has 0 aliphatic heterocycles. The molecule has 4 aromatic rings. The average molecular weight is 447 g/mol. The van der Waals surface area contributed by atoms with Crippen molar-refractivity contribution in [1.82, 2.24) is 9.97 Å². The summed E-state index contributed by atoms with van der Waals surface area (Å²) < 4.78 is 0. The van der Waals surface area contributed by atoms with Crippen LogP contribution >= 0.6 is 22.7 Å². The second-order valence-corrected chi connectivity index (χ2v) is 12.2. The van der Waals surface area contributed by atoms with Crippen LogP contribution in [0.2, 0.25) is 0 Å². The number of nitrogens with zero attached hydrogens (tertiary/aromatic N) is 2. The van der Waals surface area contributed by atoms with E-state index in [0.717, 1.165) is 29.2 Å². The molecule has 0 radical (unpaired) electrons. The van der Waals surface area contributed by atoms with Gasteiger partial charge in [-0.15, -0.1) is 22.7 Å². The van der Waals surface area contributed by atoms with Crippen LogP contribution in [0.3, 0.4) is 0 Å². The van der Waals surface area contributed by atoms with Gasteiger partial charge in [0.15, 0.2) is 0 Å². The van der Waals surface area contributed by atoms with E-state index in [1.165, 1.54) is 19.5 Å². The van der Waals surface area contributed by atoms with Crippen molar-refractivity contribution in [2.75, 3.05) is 0 Å². The van der Waals surface area contributed by atoms with Gasteiger partial charge in [0.1, 0.15) is 0 Å². The Morgan fingerprint density at radius 2 is 1.00 bits per heavy atom. The second-order valence-electron chi connectivity index (χ2n) is 10.0. The van der Waals surface area contributed by atoms with Crippen molar-refractivity contribution in [2.24, 2.45) is 0 Å². The zero-order valence-corrected chi connectivity index (χ0v) is 20.8. The molecule has 0 unspecified atom stereocenters. The molecule has 4 aromatic heterocycles. The zero-order valence-electron chi connectivity index (χ0n) is 19.2. The Hall–Kier alpha value is -2.30. The van der Waals surface area contributed by atoms with Crippen molar-refractivity contribution in [3.8, 4) is 21.1 Å². The Bertz CT molecular complexity index is 1090. The van der Waals surface area contributed by atoms with Crippen molar-refractivity contribution in [3.05, 3.63) is 81.8 Å². The third kappa shape index (κ3) is 5.13. The van der Waals surface area contributed by atoms with Gasteiger partial charge in [-0.2, -0.15) is 0 Å². The molecule has 0 atom stereocenters. The summed E-state index contributed by atoms with van der Waals surface area (Å²) >= 11 is 3.67. The van der Waals surface area contributed by atoms with Gasteiger partial charge in [0.25, 0.3) is 0 Å². The Morgan fingerprint density at radius 3 is 1.35 bits per heavy atom. The SMILES string of the molecule is CC(C)(C)c1ccc(-c2cccc(Cc3cccc(-c4ccc(C(C)(C)C)s4)n3)n2)s1. The molecule has 0 saturated carbocycles. The lowest BCUT2D eigenvalue weighted by atomic mass is 9.95. The first-order chi connectivity index (χ1) is 14.6. The van der Waals surface area contributed by atoms with E-state index >= 15 is 0 Å². The number of pyridine rings is 2. The van der Waals surface area contributed by atoms with Gasteiger partial charge in [-0.3, -0.25) is 9.97 Å². The van der Waals surface area contributed by atoms with Gasteiger partial charge >= 0.3 is 0 Å². The fraction of sp³-hybridized carbons (Fsp3) is 0.333. The Balaban J connectivity index is 1.56. The van der Waals surface area contributed by atoms with E-state index in [4.69, 9.17) is 9.97 Å². The van der Waals surface area contributed by atoms with E-state index in [0.29, 0.717) is 0 Å². The van der Waals surface area contributed by atoms with Crippen LogP contribution < -0.4 is 0 Å². The molecule has 0 aromatic carbocycles. The number of rotatable bonds is 4. The van der Waals surface area contributed by atoms with Gasteiger partial charge < -0.3 is 0 Å². The lowest BCUT2D eigenvalue weighted by Crippen LogP contribution is -2.07. The molecule has 31 heavy (non-hydrogen) atoms.